The second-order valence-electron chi connectivity index (χ2n) is 6.34. The molecule has 1 aliphatic heterocycles. The van der Waals surface area contributed by atoms with Crippen LogP contribution >= 0.6 is 0 Å². The Hall–Kier alpha value is -2.96. The lowest BCUT2D eigenvalue weighted by molar-refractivity contribution is 0.0349. The van der Waals surface area contributed by atoms with Crippen molar-refractivity contribution in [1.82, 2.24) is 10.2 Å². The lowest BCUT2D eigenvalue weighted by Crippen LogP contribution is -2.41. The topological polar surface area (TPSA) is 105 Å². The number of H-pyrrole nitrogens is 1. The van der Waals surface area contributed by atoms with Crippen LogP contribution in [-0.2, 0) is 4.74 Å². The molecule has 0 fully saturated rings. The molecule has 2 N–H and O–H groups in total. The van der Waals surface area contributed by atoms with E-state index >= 15 is 0 Å². The number of Topliss-reactive ketones (excluding diaryl/α,β-unsaturated/α-hetero) is 1. The maximum Gasteiger partial charge on any atom is 0.338 e. The lowest BCUT2D eigenvalue weighted by atomic mass is 9.85. The maximum atomic E-state index is 12.5. The first kappa shape index (κ1) is 17.8. The van der Waals surface area contributed by atoms with Crippen LogP contribution in [0.4, 0.5) is 0 Å². The third kappa shape index (κ3) is 3.37. The van der Waals surface area contributed by atoms with Gasteiger partial charge in [-0.2, -0.15) is 5.10 Å². The van der Waals surface area contributed by atoms with Crippen molar-refractivity contribution in [1.29, 1.82) is 5.41 Å². The third-order valence-corrected chi connectivity index (χ3v) is 4.81. The fourth-order valence-electron chi connectivity index (χ4n) is 2.99. The number of nitrogens with one attached hydrogen (secondary N) is 2. The molecule has 1 aromatic carbocycles. The van der Waals surface area contributed by atoms with E-state index in [0.717, 1.165) is 12.8 Å². The van der Waals surface area contributed by atoms with Crippen LogP contribution in [0.2, 0.25) is 0 Å². The van der Waals surface area contributed by atoms with Crippen molar-refractivity contribution < 1.29 is 19.1 Å². The van der Waals surface area contributed by atoms with Gasteiger partial charge in [-0.25, -0.2) is 4.79 Å². The molecule has 0 saturated heterocycles. The van der Waals surface area contributed by atoms with Crippen LogP contribution in [0.1, 0.15) is 59.4 Å². The second kappa shape index (κ2) is 7.11. The van der Waals surface area contributed by atoms with Crippen LogP contribution in [0.25, 0.3) is 0 Å². The molecule has 7 nitrogen and oxygen atoms in total. The van der Waals surface area contributed by atoms with Gasteiger partial charge in [-0.15, -0.1) is 0 Å². The third-order valence-electron chi connectivity index (χ3n) is 4.81. The second-order valence-corrected chi connectivity index (χ2v) is 6.34. The highest BCUT2D eigenvalue weighted by Crippen LogP contribution is 2.37. The fourth-order valence-corrected chi connectivity index (χ4v) is 2.99. The largest absolute Gasteiger partial charge is 0.486 e. The summed E-state index contributed by atoms with van der Waals surface area (Å²) < 4.78 is 11.2. The molecule has 136 valence electrons. The molecule has 2 aromatic rings. The molecule has 0 saturated carbocycles. The quantitative estimate of drug-likeness (QED) is 0.612. The smallest absolute Gasteiger partial charge is 0.338 e. The van der Waals surface area contributed by atoms with Gasteiger partial charge in [0.2, 0.25) is 0 Å². The minimum Gasteiger partial charge on any atom is -0.486 e. The van der Waals surface area contributed by atoms with Gasteiger partial charge in [-0.3, -0.25) is 9.89 Å². The van der Waals surface area contributed by atoms with E-state index in [2.05, 4.69) is 10.2 Å². The van der Waals surface area contributed by atoms with Crippen LogP contribution in [-0.4, -0.2) is 39.9 Å². The number of aromatic amines is 1. The van der Waals surface area contributed by atoms with E-state index in [1.165, 1.54) is 12.3 Å². The van der Waals surface area contributed by atoms with Crippen molar-refractivity contribution in [3.8, 4) is 5.75 Å². The molecule has 7 heteroatoms. The number of carbonyl (C=O) groups excluding carboxylic acids is 2. The maximum absolute atomic E-state index is 12.5. The zero-order valence-corrected chi connectivity index (χ0v) is 14.8. The Balaban J connectivity index is 1.73. The summed E-state index contributed by atoms with van der Waals surface area (Å²) in [6.45, 7) is 3.83. The Morgan fingerprint density at radius 1 is 1.35 bits per heavy atom. The van der Waals surface area contributed by atoms with Gasteiger partial charge in [-0.05, 0) is 31.0 Å². The van der Waals surface area contributed by atoms with Crippen LogP contribution in [0, 0.1) is 5.41 Å². The summed E-state index contributed by atoms with van der Waals surface area (Å²) in [5, 5.41) is 14.2. The van der Waals surface area contributed by atoms with E-state index in [0.29, 0.717) is 23.3 Å². The Bertz CT molecular complexity index is 838. The van der Waals surface area contributed by atoms with Crippen LogP contribution < -0.4 is 4.74 Å². The molecule has 2 heterocycles. The molecule has 0 amide bonds. The molecule has 0 atom stereocenters. The van der Waals surface area contributed by atoms with E-state index in [4.69, 9.17) is 14.9 Å². The summed E-state index contributed by atoms with van der Waals surface area (Å²) >= 11 is 0. The molecule has 1 aromatic heterocycles. The first-order valence-corrected chi connectivity index (χ1v) is 8.58. The summed E-state index contributed by atoms with van der Waals surface area (Å²) in [6, 6.07) is 4.73. The zero-order valence-electron chi connectivity index (χ0n) is 14.8. The SMILES string of the molecule is CCC1(CC)CC(=O)c2cc(C(=O)OCC(=N)c3cn[nH]c3)ccc2O1. The van der Waals surface area contributed by atoms with E-state index in [9.17, 15) is 9.59 Å². The Kier molecular flexibility index (Phi) is 4.88. The molecule has 0 aliphatic carbocycles. The van der Waals surface area contributed by atoms with Crippen molar-refractivity contribution in [2.45, 2.75) is 38.7 Å². The fraction of sp³-hybridized carbons (Fsp3) is 0.368. The minimum atomic E-state index is -0.586. The van der Waals surface area contributed by atoms with Crippen molar-refractivity contribution in [3.63, 3.8) is 0 Å². The van der Waals surface area contributed by atoms with E-state index < -0.39 is 11.6 Å². The Labute approximate surface area is 151 Å². The van der Waals surface area contributed by atoms with Crippen molar-refractivity contribution >= 4 is 17.5 Å². The highest BCUT2D eigenvalue weighted by atomic mass is 16.5. The van der Waals surface area contributed by atoms with Gasteiger partial charge in [0.15, 0.2) is 5.78 Å². The van der Waals surface area contributed by atoms with Crippen molar-refractivity contribution in [3.05, 3.63) is 47.3 Å². The molecule has 26 heavy (non-hydrogen) atoms. The molecule has 0 unspecified atom stereocenters. The van der Waals surface area contributed by atoms with Crippen molar-refractivity contribution in [2.75, 3.05) is 6.61 Å². The number of aromatic nitrogens is 2. The summed E-state index contributed by atoms with van der Waals surface area (Å²) in [4.78, 5) is 24.8. The van der Waals surface area contributed by atoms with Gasteiger partial charge in [-0.1, -0.05) is 13.8 Å². The molecule has 0 spiro atoms. The van der Waals surface area contributed by atoms with Gasteiger partial charge in [0, 0.05) is 11.8 Å². The normalized spacial score (nSPS) is 15.1. The molecular weight excluding hydrogens is 334 g/mol. The number of rotatable bonds is 6. The number of ketones is 1. The standard InChI is InChI=1S/C19H21N3O4/c1-3-19(4-2)8-16(23)14-7-12(5-6-17(14)26-19)18(24)25-11-15(20)13-9-21-22-10-13/h5-7,9-10,20H,3-4,8,11H2,1-2H3,(H,21,22). The summed E-state index contributed by atoms with van der Waals surface area (Å²) in [5.41, 5.74) is 0.900. The van der Waals surface area contributed by atoms with Gasteiger partial charge in [0.1, 0.15) is 18.0 Å². The van der Waals surface area contributed by atoms with Crippen LogP contribution in [0.15, 0.2) is 30.6 Å². The summed E-state index contributed by atoms with van der Waals surface area (Å²) in [7, 11) is 0. The molecule has 3 rings (SSSR count). The average molecular weight is 355 g/mol. The van der Waals surface area contributed by atoms with E-state index in [1.807, 2.05) is 13.8 Å². The first-order valence-electron chi connectivity index (χ1n) is 8.58. The highest BCUT2D eigenvalue weighted by molar-refractivity contribution is 6.04. The Morgan fingerprint density at radius 3 is 2.77 bits per heavy atom. The van der Waals surface area contributed by atoms with Crippen molar-refractivity contribution in [2.24, 2.45) is 0 Å². The van der Waals surface area contributed by atoms with E-state index in [-0.39, 0.29) is 23.7 Å². The van der Waals surface area contributed by atoms with Gasteiger partial charge in [0.25, 0.3) is 0 Å². The average Bonchev–Trinajstić information content (AvgIpc) is 3.20. The van der Waals surface area contributed by atoms with Gasteiger partial charge in [0.05, 0.1) is 29.5 Å². The Morgan fingerprint density at radius 2 is 2.12 bits per heavy atom. The molecule has 1 aliphatic rings. The number of hydrogen-bond acceptors (Lipinski definition) is 6. The lowest BCUT2D eigenvalue weighted by Gasteiger charge is -2.36. The highest BCUT2D eigenvalue weighted by Gasteiger charge is 2.38. The predicted molar refractivity (Wildman–Crippen MR) is 95.0 cm³/mol. The zero-order chi connectivity index (χ0) is 18.7. The number of benzene rings is 1. The number of ether oxygens (including phenoxy) is 2. The molecular formula is C19H21N3O4. The number of esters is 1. The van der Waals surface area contributed by atoms with Gasteiger partial charge < -0.3 is 14.9 Å². The van der Waals surface area contributed by atoms with Crippen LogP contribution in [0.3, 0.4) is 0 Å². The molecule has 0 radical (unpaired) electrons. The number of carbonyl (C=O) groups is 2. The van der Waals surface area contributed by atoms with E-state index in [1.54, 1.807) is 18.3 Å². The summed E-state index contributed by atoms with van der Waals surface area (Å²) in [5.74, 6) is -0.111. The first-order chi connectivity index (χ1) is 12.5. The number of fused-ring (bicyclic) bond motifs is 1. The van der Waals surface area contributed by atoms with Gasteiger partial charge >= 0.3 is 5.97 Å². The predicted octanol–water partition coefficient (Wildman–Crippen LogP) is 3.16. The number of nitrogens with zero attached hydrogens (tertiary/aromatic N) is 1. The molecule has 0 bridgehead atoms. The summed E-state index contributed by atoms with van der Waals surface area (Å²) in [6.07, 6.45) is 4.83. The minimum absolute atomic E-state index is 0.0317. The number of hydrogen-bond donors (Lipinski definition) is 2. The van der Waals surface area contributed by atoms with Crippen LogP contribution in [0.5, 0.6) is 5.75 Å². The monoisotopic (exact) mass is 355 g/mol.